The number of nitrogens with one attached hydrogen (secondary N) is 1. The normalized spacial score (nSPS) is 11.2. The number of carbonyl (C=O) groups is 1. The molecule has 0 unspecified atom stereocenters. The van der Waals surface area contributed by atoms with Crippen molar-refractivity contribution in [3.63, 3.8) is 0 Å². The first kappa shape index (κ1) is 17.3. The number of rotatable bonds is 5. The van der Waals surface area contributed by atoms with Crippen LogP contribution in [0.5, 0.6) is 5.75 Å². The number of aromatic nitrogens is 3. The Hall–Kier alpha value is -3.13. The first-order chi connectivity index (χ1) is 13.1. The molecule has 0 saturated heterocycles. The van der Waals surface area contributed by atoms with Crippen LogP contribution in [0.1, 0.15) is 10.7 Å². The van der Waals surface area contributed by atoms with Crippen LogP contribution in [-0.4, -0.2) is 27.2 Å². The van der Waals surface area contributed by atoms with Crippen LogP contribution in [0.15, 0.2) is 46.6 Å². The average molecular weight is 382 g/mol. The predicted octanol–water partition coefficient (Wildman–Crippen LogP) is 2.34. The monoisotopic (exact) mass is 382 g/mol. The average Bonchev–Trinajstić information content (AvgIpc) is 3.31. The standard InChI is InChI=1S/C19H18N4O3S/c1-12-21-22(11-18(24)20-10-13-5-4-8-27-13)19(25)16-9-14-15(23(12)16)6-3-7-17(14)26-2/h3-9H,10-11H2,1-2H3,(H,20,24). The molecule has 3 heterocycles. The number of ether oxygens (including phenoxy) is 1. The molecule has 27 heavy (non-hydrogen) atoms. The molecule has 7 nitrogen and oxygen atoms in total. The van der Waals surface area contributed by atoms with Gasteiger partial charge in [-0.3, -0.25) is 14.0 Å². The van der Waals surface area contributed by atoms with E-state index in [-0.39, 0.29) is 18.0 Å². The number of thiophene rings is 1. The Morgan fingerprint density at radius 3 is 2.85 bits per heavy atom. The van der Waals surface area contributed by atoms with Crippen molar-refractivity contribution in [1.29, 1.82) is 0 Å². The van der Waals surface area contributed by atoms with E-state index >= 15 is 0 Å². The summed E-state index contributed by atoms with van der Waals surface area (Å²) in [7, 11) is 1.60. The topological polar surface area (TPSA) is 77.6 Å². The van der Waals surface area contributed by atoms with Crippen molar-refractivity contribution in [2.45, 2.75) is 20.0 Å². The van der Waals surface area contributed by atoms with Gasteiger partial charge in [0.05, 0.1) is 19.2 Å². The second-order valence-corrected chi connectivity index (χ2v) is 7.16. The summed E-state index contributed by atoms with van der Waals surface area (Å²) in [5.74, 6) is 1.06. The van der Waals surface area contributed by atoms with Gasteiger partial charge in [-0.05, 0) is 36.6 Å². The van der Waals surface area contributed by atoms with Gasteiger partial charge < -0.3 is 10.1 Å². The Kier molecular flexibility index (Phi) is 4.41. The van der Waals surface area contributed by atoms with Crippen LogP contribution in [0, 0.1) is 6.92 Å². The molecule has 0 saturated carbocycles. The lowest BCUT2D eigenvalue weighted by molar-refractivity contribution is -0.122. The fourth-order valence-corrected chi connectivity index (χ4v) is 3.83. The maximum Gasteiger partial charge on any atom is 0.291 e. The number of carbonyl (C=O) groups excluding carboxylic acids is 1. The number of aryl methyl sites for hydroxylation is 1. The van der Waals surface area contributed by atoms with E-state index in [1.807, 2.05) is 42.6 Å². The Balaban J connectivity index is 1.70. The highest BCUT2D eigenvalue weighted by atomic mass is 32.1. The molecule has 1 N–H and O–H groups in total. The number of fused-ring (bicyclic) bond motifs is 3. The minimum Gasteiger partial charge on any atom is -0.496 e. The molecule has 138 valence electrons. The van der Waals surface area contributed by atoms with Crippen LogP contribution in [0.25, 0.3) is 16.4 Å². The third-order valence-electron chi connectivity index (χ3n) is 4.40. The second kappa shape index (κ2) is 6.88. The first-order valence-electron chi connectivity index (χ1n) is 8.43. The Morgan fingerprint density at radius 1 is 1.26 bits per heavy atom. The zero-order valence-corrected chi connectivity index (χ0v) is 15.7. The summed E-state index contributed by atoms with van der Waals surface area (Å²) in [5.41, 5.74) is 0.999. The molecule has 3 aromatic heterocycles. The number of benzene rings is 1. The summed E-state index contributed by atoms with van der Waals surface area (Å²) in [5, 5.41) is 9.94. The molecule has 0 radical (unpaired) electrons. The summed E-state index contributed by atoms with van der Waals surface area (Å²) in [6.07, 6.45) is 0. The molecule has 0 bridgehead atoms. The number of hydrogen-bond donors (Lipinski definition) is 1. The third-order valence-corrected chi connectivity index (χ3v) is 5.28. The van der Waals surface area contributed by atoms with E-state index in [4.69, 9.17) is 4.74 Å². The minimum atomic E-state index is -0.315. The molecule has 1 amide bonds. The Bertz CT molecular complexity index is 1190. The first-order valence-corrected chi connectivity index (χ1v) is 9.31. The zero-order valence-electron chi connectivity index (χ0n) is 14.9. The van der Waals surface area contributed by atoms with E-state index < -0.39 is 0 Å². The number of hydrogen-bond acceptors (Lipinski definition) is 5. The van der Waals surface area contributed by atoms with Gasteiger partial charge >= 0.3 is 0 Å². The van der Waals surface area contributed by atoms with E-state index in [9.17, 15) is 9.59 Å². The summed E-state index contributed by atoms with van der Waals surface area (Å²) in [4.78, 5) is 26.2. The summed E-state index contributed by atoms with van der Waals surface area (Å²) in [6, 6.07) is 11.3. The molecule has 0 aliphatic heterocycles. The summed E-state index contributed by atoms with van der Waals surface area (Å²) < 4.78 is 8.39. The summed E-state index contributed by atoms with van der Waals surface area (Å²) >= 11 is 1.57. The molecule has 0 fully saturated rings. The molecule has 0 aliphatic rings. The quantitative estimate of drug-likeness (QED) is 0.575. The minimum absolute atomic E-state index is 0.125. The van der Waals surface area contributed by atoms with Gasteiger partial charge in [-0.15, -0.1) is 11.3 Å². The van der Waals surface area contributed by atoms with Gasteiger partial charge in [0.25, 0.3) is 5.56 Å². The predicted molar refractivity (Wildman–Crippen MR) is 104 cm³/mol. The maximum atomic E-state index is 12.9. The summed E-state index contributed by atoms with van der Waals surface area (Å²) in [6.45, 7) is 2.13. The van der Waals surface area contributed by atoms with Gasteiger partial charge in [-0.25, -0.2) is 4.68 Å². The van der Waals surface area contributed by atoms with Crippen molar-refractivity contribution in [3.8, 4) is 5.75 Å². The van der Waals surface area contributed by atoms with Crippen molar-refractivity contribution < 1.29 is 9.53 Å². The van der Waals surface area contributed by atoms with Crippen molar-refractivity contribution in [2.75, 3.05) is 7.11 Å². The number of methoxy groups -OCH3 is 1. The highest BCUT2D eigenvalue weighted by Gasteiger charge is 2.16. The highest BCUT2D eigenvalue weighted by Crippen LogP contribution is 2.28. The van der Waals surface area contributed by atoms with Gasteiger partial charge in [0.15, 0.2) is 0 Å². The van der Waals surface area contributed by atoms with Crippen molar-refractivity contribution in [3.05, 3.63) is 62.8 Å². The van der Waals surface area contributed by atoms with Gasteiger partial charge in [-0.1, -0.05) is 12.1 Å². The molecule has 1 aromatic carbocycles. The molecule has 4 aromatic rings. The molecular weight excluding hydrogens is 364 g/mol. The molecule has 0 spiro atoms. The molecular formula is C19H18N4O3S. The van der Waals surface area contributed by atoms with Crippen molar-refractivity contribution in [1.82, 2.24) is 19.5 Å². The maximum absolute atomic E-state index is 12.9. The highest BCUT2D eigenvalue weighted by molar-refractivity contribution is 7.09. The van der Waals surface area contributed by atoms with Crippen LogP contribution in [0.4, 0.5) is 0 Å². The van der Waals surface area contributed by atoms with Crippen LogP contribution < -0.4 is 15.6 Å². The van der Waals surface area contributed by atoms with E-state index in [0.29, 0.717) is 23.6 Å². The van der Waals surface area contributed by atoms with E-state index in [0.717, 1.165) is 15.8 Å². The largest absolute Gasteiger partial charge is 0.496 e. The Labute approximate surface area is 158 Å². The SMILES string of the molecule is COc1cccc2c1cc1c(=O)n(CC(=O)NCc3cccs3)nc(C)n12. The fourth-order valence-electron chi connectivity index (χ4n) is 3.18. The van der Waals surface area contributed by atoms with Crippen molar-refractivity contribution >= 4 is 33.7 Å². The van der Waals surface area contributed by atoms with E-state index in [2.05, 4.69) is 10.4 Å². The van der Waals surface area contributed by atoms with E-state index in [1.165, 1.54) is 4.68 Å². The van der Waals surface area contributed by atoms with Gasteiger partial charge in [-0.2, -0.15) is 5.10 Å². The number of nitrogens with zero attached hydrogens (tertiary/aromatic N) is 3. The van der Waals surface area contributed by atoms with Gasteiger partial charge in [0.1, 0.15) is 23.6 Å². The number of amides is 1. The lowest BCUT2D eigenvalue weighted by Gasteiger charge is -2.09. The molecule has 0 aliphatic carbocycles. The third kappa shape index (κ3) is 3.08. The lowest BCUT2D eigenvalue weighted by Crippen LogP contribution is -2.34. The Morgan fingerprint density at radius 2 is 2.11 bits per heavy atom. The van der Waals surface area contributed by atoms with Crippen LogP contribution >= 0.6 is 11.3 Å². The lowest BCUT2D eigenvalue weighted by atomic mass is 10.2. The molecule has 8 heteroatoms. The van der Waals surface area contributed by atoms with Gasteiger partial charge in [0, 0.05) is 10.3 Å². The van der Waals surface area contributed by atoms with Gasteiger partial charge in [0.2, 0.25) is 5.91 Å². The van der Waals surface area contributed by atoms with Crippen LogP contribution in [-0.2, 0) is 17.9 Å². The van der Waals surface area contributed by atoms with Crippen LogP contribution in [0.2, 0.25) is 0 Å². The second-order valence-electron chi connectivity index (χ2n) is 6.12. The zero-order chi connectivity index (χ0) is 19.0. The fraction of sp³-hybridized carbons (Fsp3) is 0.211. The van der Waals surface area contributed by atoms with Crippen molar-refractivity contribution in [2.24, 2.45) is 0 Å². The van der Waals surface area contributed by atoms with Crippen LogP contribution in [0.3, 0.4) is 0 Å². The molecule has 4 rings (SSSR count). The van der Waals surface area contributed by atoms with E-state index in [1.54, 1.807) is 28.9 Å². The molecule has 0 atom stereocenters. The smallest absolute Gasteiger partial charge is 0.291 e.